The Balaban J connectivity index is 2.97. The Morgan fingerprint density at radius 3 is 2.20 bits per heavy atom. The van der Waals surface area contributed by atoms with Crippen LogP contribution in [0.4, 0.5) is 5.69 Å². The van der Waals surface area contributed by atoms with E-state index in [0.717, 1.165) is 5.01 Å². The molecule has 6 heteroatoms. The van der Waals surface area contributed by atoms with Crippen LogP contribution in [0, 0.1) is 0 Å². The molecule has 0 saturated carbocycles. The largest absolute Gasteiger partial charge is 0.478 e. The number of nitrogens with two attached hydrogens (primary N) is 1. The lowest BCUT2D eigenvalue weighted by Gasteiger charge is -2.18. The summed E-state index contributed by atoms with van der Waals surface area (Å²) >= 11 is 0. The molecule has 0 aromatic heterocycles. The normalized spacial score (nSPS) is 9.73. The van der Waals surface area contributed by atoms with Crippen LogP contribution in [0.15, 0.2) is 24.3 Å². The number of nitrogens with zero attached hydrogens (tertiary/aromatic N) is 1. The first-order valence-electron chi connectivity index (χ1n) is 4.16. The van der Waals surface area contributed by atoms with Gasteiger partial charge < -0.3 is 5.11 Å². The van der Waals surface area contributed by atoms with Crippen LogP contribution in [0.25, 0.3) is 0 Å². The number of aromatic carboxylic acids is 1. The highest BCUT2D eigenvalue weighted by atomic mass is 16.4. The molecule has 0 atom stereocenters. The summed E-state index contributed by atoms with van der Waals surface area (Å²) in [6.07, 6.45) is 0. The van der Waals surface area contributed by atoms with Crippen LogP contribution in [0.1, 0.15) is 17.3 Å². The number of carbonyl (C=O) groups is 2. The van der Waals surface area contributed by atoms with Gasteiger partial charge in [-0.15, -0.1) is 0 Å². The van der Waals surface area contributed by atoms with Crippen molar-refractivity contribution in [3.05, 3.63) is 29.8 Å². The predicted octanol–water partition coefficient (Wildman–Crippen LogP) is 0.116. The molecule has 0 spiro atoms. The van der Waals surface area contributed by atoms with E-state index in [2.05, 4.69) is 5.53 Å². The van der Waals surface area contributed by atoms with Gasteiger partial charge in [0.25, 0.3) is 0 Å². The molecule has 1 amide bonds. The minimum atomic E-state index is -1.02. The molecule has 1 aromatic rings. The molecule has 1 rings (SSSR count). The maximum Gasteiger partial charge on any atom is 0.335 e. The quantitative estimate of drug-likeness (QED) is 0.485. The number of hydrazine groups is 2. The van der Waals surface area contributed by atoms with Crippen molar-refractivity contribution < 1.29 is 14.7 Å². The molecule has 15 heavy (non-hydrogen) atoms. The number of carboxylic acids is 1. The lowest BCUT2D eigenvalue weighted by atomic mass is 10.2. The van der Waals surface area contributed by atoms with Crippen LogP contribution < -0.4 is 16.4 Å². The molecule has 0 aliphatic heterocycles. The van der Waals surface area contributed by atoms with Crippen molar-refractivity contribution in [2.24, 2.45) is 5.84 Å². The Hall–Kier alpha value is -1.92. The fourth-order valence-electron chi connectivity index (χ4n) is 1.10. The first-order valence-corrected chi connectivity index (χ1v) is 4.16. The number of benzene rings is 1. The summed E-state index contributed by atoms with van der Waals surface area (Å²) < 4.78 is 0. The fourth-order valence-corrected chi connectivity index (χ4v) is 1.10. The van der Waals surface area contributed by atoms with E-state index in [0.29, 0.717) is 5.69 Å². The van der Waals surface area contributed by atoms with Crippen LogP contribution in [0.5, 0.6) is 0 Å². The number of hydrogen-bond acceptors (Lipinski definition) is 4. The van der Waals surface area contributed by atoms with Gasteiger partial charge in [-0.3, -0.25) is 10.6 Å². The minimum Gasteiger partial charge on any atom is -0.478 e. The van der Waals surface area contributed by atoms with E-state index < -0.39 is 5.97 Å². The third-order valence-electron chi connectivity index (χ3n) is 1.82. The van der Waals surface area contributed by atoms with Gasteiger partial charge in [0, 0.05) is 6.92 Å². The first-order chi connectivity index (χ1) is 7.06. The van der Waals surface area contributed by atoms with E-state index in [1.165, 1.54) is 31.2 Å². The van der Waals surface area contributed by atoms with E-state index >= 15 is 0 Å². The van der Waals surface area contributed by atoms with Gasteiger partial charge in [0.15, 0.2) is 0 Å². The smallest absolute Gasteiger partial charge is 0.335 e. The van der Waals surface area contributed by atoms with E-state index in [4.69, 9.17) is 10.9 Å². The van der Waals surface area contributed by atoms with Crippen molar-refractivity contribution >= 4 is 17.6 Å². The van der Waals surface area contributed by atoms with E-state index in [1.807, 2.05) is 0 Å². The number of hydrogen-bond donors (Lipinski definition) is 3. The van der Waals surface area contributed by atoms with Crippen molar-refractivity contribution in [3.63, 3.8) is 0 Å². The second-order valence-corrected chi connectivity index (χ2v) is 2.84. The highest BCUT2D eigenvalue weighted by molar-refractivity contribution is 5.92. The molecule has 0 aliphatic carbocycles. The average Bonchev–Trinajstić information content (AvgIpc) is 2.19. The molecule has 0 saturated heterocycles. The summed E-state index contributed by atoms with van der Waals surface area (Å²) in [7, 11) is 0. The van der Waals surface area contributed by atoms with Gasteiger partial charge in [0.1, 0.15) is 0 Å². The van der Waals surface area contributed by atoms with Crippen LogP contribution >= 0.6 is 0 Å². The van der Waals surface area contributed by atoms with E-state index in [1.54, 1.807) is 0 Å². The molecule has 0 bridgehead atoms. The van der Waals surface area contributed by atoms with Gasteiger partial charge in [-0.2, -0.15) is 5.53 Å². The van der Waals surface area contributed by atoms with Gasteiger partial charge in [-0.25, -0.2) is 9.80 Å². The molecular weight excluding hydrogens is 198 g/mol. The predicted molar refractivity (Wildman–Crippen MR) is 53.9 cm³/mol. The zero-order valence-corrected chi connectivity index (χ0v) is 8.10. The maximum absolute atomic E-state index is 11.1. The van der Waals surface area contributed by atoms with Gasteiger partial charge in [-0.1, -0.05) is 0 Å². The van der Waals surface area contributed by atoms with Crippen LogP contribution in [-0.2, 0) is 4.79 Å². The highest BCUT2D eigenvalue weighted by Crippen LogP contribution is 2.13. The van der Waals surface area contributed by atoms with Crippen molar-refractivity contribution in [1.29, 1.82) is 0 Å². The number of rotatable bonds is 3. The maximum atomic E-state index is 11.1. The van der Waals surface area contributed by atoms with Crippen LogP contribution in [-0.4, -0.2) is 17.0 Å². The number of amides is 1. The third kappa shape index (κ3) is 2.52. The molecule has 80 valence electrons. The second-order valence-electron chi connectivity index (χ2n) is 2.84. The molecule has 0 heterocycles. The monoisotopic (exact) mass is 209 g/mol. The van der Waals surface area contributed by atoms with Gasteiger partial charge >= 0.3 is 5.97 Å². The van der Waals surface area contributed by atoms with Crippen molar-refractivity contribution in [1.82, 2.24) is 5.53 Å². The van der Waals surface area contributed by atoms with Crippen LogP contribution in [0.2, 0.25) is 0 Å². The first kappa shape index (κ1) is 11.2. The molecule has 1 aromatic carbocycles. The standard InChI is InChI=1S/C9H11N3O3/c1-6(13)12(11-10)8-4-2-7(3-5-8)9(14)15/h2-5,11H,10H2,1H3,(H,14,15). The summed E-state index contributed by atoms with van der Waals surface area (Å²) in [6, 6.07) is 5.77. The zero-order valence-electron chi connectivity index (χ0n) is 8.10. The Labute approximate surface area is 86.2 Å². The zero-order chi connectivity index (χ0) is 11.4. The SMILES string of the molecule is CC(=O)N(NN)c1ccc(C(=O)O)cc1. The van der Waals surface area contributed by atoms with Crippen molar-refractivity contribution in [2.45, 2.75) is 6.92 Å². The summed E-state index contributed by atoms with van der Waals surface area (Å²) in [6.45, 7) is 1.34. The Kier molecular flexibility index (Phi) is 3.37. The summed E-state index contributed by atoms with van der Waals surface area (Å²) in [4.78, 5) is 21.6. The lowest BCUT2D eigenvalue weighted by Crippen LogP contribution is -2.46. The van der Waals surface area contributed by atoms with E-state index in [9.17, 15) is 9.59 Å². The number of anilines is 1. The van der Waals surface area contributed by atoms with Gasteiger partial charge in [-0.05, 0) is 24.3 Å². The van der Waals surface area contributed by atoms with E-state index in [-0.39, 0.29) is 11.5 Å². The number of carboxylic acid groups (broad SMARTS) is 1. The Morgan fingerprint density at radius 1 is 1.33 bits per heavy atom. The summed E-state index contributed by atoms with van der Waals surface area (Å²) in [5, 5.41) is 9.76. The fraction of sp³-hybridized carbons (Fsp3) is 0.111. The molecule has 0 radical (unpaired) electrons. The third-order valence-corrected chi connectivity index (χ3v) is 1.82. The van der Waals surface area contributed by atoms with Gasteiger partial charge in [0.2, 0.25) is 5.91 Å². The molecule has 0 unspecified atom stereocenters. The van der Waals surface area contributed by atoms with Crippen LogP contribution in [0.3, 0.4) is 0 Å². The highest BCUT2D eigenvalue weighted by Gasteiger charge is 2.10. The summed E-state index contributed by atoms with van der Waals surface area (Å²) in [5.74, 6) is 3.83. The summed E-state index contributed by atoms with van der Waals surface area (Å²) in [5.41, 5.74) is 2.84. The Bertz CT molecular complexity index is 375. The topological polar surface area (TPSA) is 95.7 Å². The lowest BCUT2D eigenvalue weighted by molar-refractivity contribution is -0.117. The number of carbonyl (C=O) groups excluding carboxylic acids is 1. The molecule has 0 fully saturated rings. The molecule has 6 nitrogen and oxygen atoms in total. The van der Waals surface area contributed by atoms with Crippen molar-refractivity contribution in [2.75, 3.05) is 5.01 Å². The average molecular weight is 209 g/mol. The second kappa shape index (κ2) is 4.54. The van der Waals surface area contributed by atoms with Crippen molar-refractivity contribution in [3.8, 4) is 0 Å². The number of nitrogens with one attached hydrogen (secondary N) is 1. The van der Waals surface area contributed by atoms with Gasteiger partial charge in [0.05, 0.1) is 11.3 Å². The molecule has 0 aliphatic rings. The molecular formula is C9H11N3O3. The Morgan fingerprint density at radius 2 is 1.87 bits per heavy atom. The molecule has 4 N–H and O–H groups in total. The minimum absolute atomic E-state index is 0.152.